The molecule has 0 aliphatic rings. The Balaban J connectivity index is 0.000000265. The Hall–Kier alpha value is -0.110. The number of rotatable bonds is 1. The van der Waals surface area contributed by atoms with E-state index in [0.717, 1.165) is 0 Å². The van der Waals surface area contributed by atoms with Crippen LogP contribution in [-0.2, 0) is 4.79 Å². The van der Waals surface area contributed by atoms with Crippen LogP contribution in [0.2, 0.25) is 0 Å². The lowest BCUT2D eigenvalue weighted by atomic mass is 10.3. The van der Waals surface area contributed by atoms with Crippen molar-refractivity contribution < 1.29 is 9.90 Å². The Morgan fingerprint density at radius 3 is 1.67 bits per heavy atom. The maximum Gasteiger partial charge on any atom is 0.330 e. The van der Waals surface area contributed by atoms with Crippen LogP contribution < -0.4 is 0 Å². The molecule has 0 saturated heterocycles. The number of carbonyl (C=O) groups is 1. The number of hydrogen-bond acceptors (Lipinski definition) is 1. The van der Waals surface area contributed by atoms with Gasteiger partial charge >= 0.3 is 5.97 Å². The number of carboxylic acid groups (broad SMARTS) is 1. The molecule has 82 valence electrons. The highest BCUT2D eigenvalue weighted by molar-refractivity contribution is 14.1. The standard InChI is InChI=1S/C6H4I2.C5H8O2/c7-5-1-2-6(8)4-3-5;1-3-4(2)5(6)7/h1-4H;3H,1-2H3,(H,6,7). The van der Waals surface area contributed by atoms with E-state index in [-0.39, 0.29) is 0 Å². The van der Waals surface area contributed by atoms with Gasteiger partial charge in [0.05, 0.1) is 0 Å². The zero-order valence-electron chi connectivity index (χ0n) is 8.50. The minimum atomic E-state index is -0.845. The first-order chi connectivity index (χ1) is 6.97. The Morgan fingerprint density at radius 2 is 1.53 bits per heavy atom. The van der Waals surface area contributed by atoms with Gasteiger partial charge in [-0.1, -0.05) is 6.08 Å². The molecule has 0 saturated carbocycles. The predicted octanol–water partition coefficient (Wildman–Crippen LogP) is 3.93. The van der Waals surface area contributed by atoms with Crippen LogP contribution in [0.5, 0.6) is 0 Å². The topological polar surface area (TPSA) is 37.3 Å². The van der Waals surface area contributed by atoms with Crippen molar-refractivity contribution in [2.75, 3.05) is 0 Å². The lowest BCUT2D eigenvalue weighted by Gasteiger charge is -1.87. The van der Waals surface area contributed by atoms with Gasteiger partial charge in [0.15, 0.2) is 0 Å². The van der Waals surface area contributed by atoms with E-state index in [2.05, 4.69) is 69.4 Å². The molecule has 0 bridgehead atoms. The van der Waals surface area contributed by atoms with Crippen LogP contribution in [0.15, 0.2) is 35.9 Å². The highest BCUT2D eigenvalue weighted by atomic mass is 127. The van der Waals surface area contributed by atoms with Crippen LogP contribution in [0.25, 0.3) is 0 Å². The molecule has 1 N–H and O–H groups in total. The van der Waals surface area contributed by atoms with Gasteiger partial charge in [-0.3, -0.25) is 0 Å². The van der Waals surface area contributed by atoms with E-state index < -0.39 is 5.97 Å². The van der Waals surface area contributed by atoms with Crippen LogP contribution in [0.3, 0.4) is 0 Å². The highest BCUT2D eigenvalue weighted by Crippen LogP contribution is 2.07. The number of benzene rings is 1. The summed E-state index contributed by atoms with van der Waals surface area (Å²) >= 11 is 4.59. The molecule has 0 amide bonds. The third kappa shape index (κ3) is 7.78. The van der Waals surface area contributed by atoms with Gasteiger partial charge in [-0.2, -0.15) is 0 Å². The largest absolute Gasteiger partial charge is 0.478 e. The molecule has 15 heavy (non-hydrogen) atoms. The summed E-state index contributed by atoms with van der Waals surface area (Å²) in [7, 11) is 0. The van der Waals surface area contributed by atoms with E-state index >= 15 is 0 Å². The van der Waals surface area contributed by atoms with Gasteiger partial charge in [0, 0.05) is 12.7 Å². The smallest absolute Gasteiger partial charge is 0.330 e. The van der Waals surface area contributed by atoms with Gasteiger partial charge in [0.1, 0.15) is 0 Å². The fourth-order valence-corrected chi connectivity index (χ4v) is 1.27. The summed E-state index contributed by atoms with van der Waals surface area (Å²) in [6, 6.07) is 8.40. The molecule has 0 aliphatic heterocycles. The first kappa shape index (κ1) is 14.9. The minimum absolute atomic E-state index is 0.389. The average molecular weight is 430 g/mol. The third-order valence-electron chi connectivity index (χ3n) is 1.57. The van der Waals surface area contributed by atoms with Crippen LogP contribution >= 0.6 is 45.2 Å². The molecular weight excluding hydrogens is 418 g/mol. The zero-order chi connectivity index (χ0) is 11.8. The summed E-state index contributed by atoms with van der Waals surface area (Å²) in [4.78, 5) is 9.86. The number of allylic oxidation sites excluding steroid dienone is 1. The van der Waals surface area contributed by atoms with Gasteiger partial charge in [-0.15, -0.1) is 0 Å². The molecule has 0 unspecified atom stereocenters. The number of hydrogen-bond donors (Lipinski definition) is 1. The zero-order valence-corrected chi connectivity index (χ0v) is 12.8. The van der Waals surface area contributed by atoms with Crippen molar-refractivity contribution >= 4 is 51.2 Å². The van der Waals surface area contributed by atoms with Gasteiger partial charge < -0.3 is 5.11 Å². The molecule has 0 atom stereocenters. The van der Waals surface area contributed by atoms with E-state index in [1.165, 1.54) is 7.14 Å². The number of aliphatic carboxylic acids is 1. The van der Waals surface area contributed by atoms with Crippen molar-refractivity contribution in [2.45, 2.75) is 13.8 Å². The average Bonchev–Trinajstić information content (AvgIpc) is 2.22. The molecule has 0 spiro atoms. The lowest BCUT2D eigenvalue weighted by Crippen LogP contribution is -1.93. The molecule has 4 heteroatoms. The van der Waals surface area contributed by atoms with Gasteiger partial charge in [0.25, 0.3) is 0 Å². The third-order valence-corrected chi connectivity index (χ3v) is 3.01. The van der Waals surface area contributed by atoms with Crippen molar-refractivity contribution in [3.8, 4) is 0 Å². The van der Waals surface area contributed by atoms with Crippen molar-refractivity contribution in [3.05, 3.63) is 43.1 Å². The molecule has 2 nitrogen and oxygen atoms in total. The monoisotopic (exact) mass is 430 g/mol. The van der Waals surface area contributed by atoms with Crippen LogP contribution in [0.1, 0.15) is 13.8 Å². The minimum Gasteiger partial charge on any atom is -0.478 e. The number of carboxylic acids is 1. The van der Waals surface area contributed by atoms with Gasteiger partial charge in [-0.05, 0) is 83.3 Å². The summed E-state index contributed by atoms with van der Waals surface area (Å²) in [5, 5.41) is 8.11. The van der Waals surface area contributed by atoms with E-state index in [0.29, 0.717) is 5.57 Å². The van der Waals surface area contributed by atoms with Crippen molar-refractivity contribution in [2.24, 2.45) is 0 Å². The molecule has 0 fully saturated rings. The van der Waals surface area contributed by atoms with E-state index in [4.69, 9.17) is 5.11 Å². The quantitative estimate of drug-likeness (QED) is 0.542. The molecule has 0 aromatic heterocycles. The normalized spacial score (nSPS) is 10.3. The van der Waals surface area contributed by atoms with E-state index in [1.807, 2.05) is 0 Å². The van der Waals surface area contributed by atoms with E-state index in [9.17, 15) is 4.79 Å². The summed E-state index contributed by atoms with van der Waals surface area (Å²) < 4.78 is 2.59. The van der Waals surface area contributed by atoms with Crippen molar-refractivity contribution in [1.29, 1.82) is 0 Å². The predicted molar refractivity (Wildman–Crippen MR) is 78.9 cm³/mol. The van der Waals surface area contributed by atoms with E-state index in [1.54, 1.807) is 19.9 Å². The lowest BCUT2D eigenvalue weighted by molar-refractivity contribution is -0.132. The summed E-state index contributed by atoms with van der Waals surface area (Å²) in [6.45, 7) is 3.26. The van der Waals surface area contributed by atoms with Gasteiger partial charge in [-0.25, -0.2) is 4.79 Å². The maximum absolute atomic E-state index is 9.86. The second-order valence-corrected chi connectivity index (χ2v) is 5.20. The fraction of sp³-hybridized carbons (Fsp3) is 0.182. The molecule has 1 aromatic rings. The molecule has 0 aliphatic carbocycles. The maximum atomic E-state index is 9.86. The van der Waals surface area contributed by atoms with Crippen molar-refractivity contribution in [1.82, 2.24) is 0 Å². The summed E-state index contributed by atoms with van der Waals surface area (Å²) in [6.07, 6.45) is 1.56. The fourth-order valence-electron chi connectivity index (χ4n) is 0.553. The molecule has 1 aromatic carbocycles. The summed E-state index contributed by atoms with van der Waals surface area (Å²) in [5.41, 5.74) is 0.389. The molecule has 1 rings (SSSR count). The van der Waals surface area contributed by atoms with Crippen LogP contribution in [0, 0.1) is 7.14 Å². The highest BCUT2D eigenvalue weighted by Gasteiger charge is 1.93. The first-order valence-electron chi connectivity index (χ1n) is 4.24. The SMILES string of the molecule is CC=C(C)C(=O)O.Ic1ccc(I)cc1. The molecule has 0 heterocycles. The summed E-state index contributed by atoms with van der Waals surface area (Å²) in [5.74, 6) is -0.845. The Kier molecular flexibility index (Phi) is 8.03. The first-order valence-corrected chi connectivity index (χ1v) is 6.40. The second-order valence-electron chi connectivity index (χ2n) is 2.71. The second kappa shape index (κ2) is 8.09. The molecular formula is C11H12I2O2. The number of halogens is 2. The Morgan fingerprint density at radius 1 is 1.20 bits per heavy atom. The van der Waals surface area contributed by atoms with Crippen LogP contribution in [0.4, 0.5) is 0 Å². The Bertz CT molecular complexity index is 321. The van der Waals surface area contributed by atoms with Crippen LogP contribution in [-0.4, -0.2) is 11.1 Å². The van der Waals surface area contributed by atoms with Crippen molar-refractivity contribution in [3.63, 3.8) is 0 Å². The Labute approximate surface area is 117 Å². The van der Waals surface area contributed by atoms with Gasteiger partial charge in [0.2, 0.25) is 0 Å². The molecule has 0 radical (unpaired) electrons.